The summed E-state index contributed by atoms with van der Waals surface area (Å²) in [6, 6.07) is 2.57. The van der Waals surface area contributed by atoms with Gasteiger partial charge < -0.3 is 9.64 Å². The first kappa shape index (κ1) is 16.6. The van der Waals surface area contributed by atoms with Gasteiger partial charge >= 0.3 is 5.97 Å². The summed E-state index contributed by atoms with van der Waals surface area (Å²) in [4.78, 5) is 18.1. The standard InChI is InChI=1S/C15H25N3O2/c1-3-20-15(19)14(11-16)12-17-8-6-10-18-9-5-4-7-13(18)2/h12-14H,3-10H2,1-2H3/t13-,14-/m1/s1. The largest absolute Gasteiger partial charge is 0.465 e. The number of aliphatic imine (C=N–C) groups is 1. The fourth-order valence-electron chi connectivity index (χ4n) is 2.41. The minimum absolute atomic E-state index is 0.289. The minimum atomic E-state index is -0.871. The predicted molar refractivity (Wildman–Crippen MR) is 78.6 cm³/mol. The molecule has 0 unspecified atom stereocenters. The number of carbonyl (C=O) groups is 1. The Morgan fingerprint density at radius 2 is 2.40 bits per heavy atom. The van der Waals surface area contributed by atoms with Crippen LogP contribution in [-0.4, -0.2) is 49.4 Å². The number of hydrogen-bond acceptors (Lipinski definition) is 5. The zero-order chi connectivity index (χ0) is 14.8. The van der Waals surface area contributed by atoms with Crippen LogP contribution in [0.5, 0.6) is 0 Å². The maximum atomic E-state index is 11.4. The molecule has 0 radical (unpaired) electrons. The number of likely N-dealkylation sites (tertiary alicyclic amines) is 1. The predicted octanol–water partition coefficient (Wildman–Crippen LogP) is 2.02. The Balaban J connectivity index is 2.23. The second kappa shape index (κ2) is 9.49. The summed E-state index contributed by atoms with van der Waals surface area (Å²) in [7, 11) is 0. The van der Waals surface area contributed by atoms with Gasteiger partial charge in [0.05, 0.1) is 12.7 Å². The van der Waals surface area contributed by atoms with E-state index in [0.29, 0.717) is 12.6 Å². The van der Waals surface area contributed by atoms with Gasteiger partial charge in [-0.1, -0.05) is 6.42 Å². The molecule has 5 nitrogen and oxygen atoms in total. The van der Waals surface area contributed by atoms with Crippen LogP contribution in [0.1, 0.15) is 39.5 Å². The van der Waals surface area contributed by atoms with E-state index >= 15 is 0 Å². The average molecular weight is 279 g/mol. The molecule has 1 fully saturated rings. The average Bonchev–Trinajstić information content (AvgIpc) is 2.45. The van der Waals surface area contributed by atoms with Crippen molar-refractivity contribution in [1.82, 2.24) is 4.90 Å². The van der Waals surface area contributed by atoms with Gasteiger partial charge in [0, 0.05) is 25.3 Å². The van der Waals surface area contributed by atoms with Gasteiger partial charge in [-0.15, -0.1) is 0 Å². The van der Waals surface area contributed by atoms with Crippen LogP contribution in [0.2, 0.25) is 0 Å². The molecule has 1 saturated heterocycles. The van der Waals surface area contributed by atoms with Crippen LogP contribution < -0.4 is 0 Å². The van der Waals surface area contributed by atoms with Crippen LogP contribution >= 0.6 is 0 Å². The van der Waals surface area contributed by atoms with E-state index in [0.717, 1.165) is 13.0 Å². The van der Waals surface area contributed by atoms with Gasteiger partial charge in [0.25, 0.3) is 0 Å². The minimum Gasteiger partial charge on any atom is -0.465 e. The summed E-state index contributed by atoms with van der Waals surface area (Å²) in [6.45, 7) is 7.15. The second-order valence-corrected chi connectivity index (χ2v) is 5.15. The van der Waals surface area contributed by atoms with Crippen LogP contribution in [0.25, 0.3) is 0 Å². The molecule has 0 saturated carbocycles. The van der Waals surface area contributed by atoms with E-state index < -0.39 is 11.9 Å². The Morgan fingerprint density at radius 3 is 3.05 bits per heavy atom. The fraction of sp³-hybridized carbons (Fsp3) is 0.800. The Kier molecular flexibility index (Phi) is 7.89. The van der Waals surface area contributed by atoms with Crippen molar-refractivity contribution in [3.63, 3.8) is 0 Å². The Hall–Kier alpha value is -1.41. The third-order valence-corrected chi connectivity index (χ3v) is 3.61. The summed E-state index contributed by atoms with van der Waals surface area (Å²) >= 11 is 0. The number of nitrogens with zero attached hydrogens (tertiary/aromatic N) is 3. The van der Waals surface area contributed by atoms with E-state index in [1.807, 2.05) is 6.07 Å². The first-order valence-electron chi connectivity index (χ1n) is 7.49. The molecular formula is C15H25N3O2. The van der Waals surface area contributed by atoms with E-state index in [1.165, 1.54) is 32.0 Å². The molecular weight excluding hydrogens is 254 g/mol. The molecule has 1 aliphatic rings. The molecule has 20 heavy (non-hydrogen) atoms. The lowest BCUT2D eigenvalue weighted by Gasteiger charge is -2.33. The van der Waals surface area contributed by atoms with Gasteiger partial charge in [0.2, 0.25) is 0 Å². The smallest absolute Gasteiger partial charge is 0.328 e. The van der Waals surface area contributed by atoms with Crippen LogP contribution in [0.15, 0.2) is 4.99 Å². The highest BCUT2D eigenvalue weighted by atomic mass is 16.5. The van der Waals surface area contributed by atoms with E-state index in [1.54, 1.807) is 6.92 Å². The normalized spacial score (nSPS) is 21.6. The zero-order valence-corrected chi connectivity index (χ0v) is 12.5. The maximum Gasteiger partial charge on any atom is 0.328 e. The summed E-state index contributed by atoms with van der Waals surface area (Å²) in [5.41, 5.74) is 0. The molecule has 0 aromatic carbocycles. The Morgan fingerprint density at radius 1 is 1.60 bits per heavy atom. The molecule has 0 spiro atoms. The van der Waals surface area contributed by atoms with E-state index in [4.69, 9.17) is 10.00 Å². The molecule has 0 amide bonds. The highest BCUT2D eigenvalue weighted by Crippen LogP contribution is 2.16. The van der Waals surface area contributed by atoms with Crippen molar-refractivity contribution >= 4 is 12.2 Å². The lowest BCUT2D eigenvalue weighted by Crippen LogP contribution is -2.38. The lowest BCUT2D eigenvalue weighted by molar-refractivity contribution is -0.143. The zero-order valence-electron chi connectivity index (χ0n) is 12.5. The quantitative estimate of drug-likeness (QED) is 0.406. The fourth-order valence-corrected chi connectivity index (χ4v) is 2.41. The Labute approximate surface area is 121 Å². The first-order chi connectivity index (χ1) is 9.69. The molecule has 112 valence electrons. The molecule has 0 aromatic rings. The number of carbonyl (C=O) groups excluding carboxylic acids is 1. The number of nitriles is 1. The Bertz CT molecular complexity index is 363. The molecule has 0 aliphatic carbocycles. The number of hydrogen-bond donors (Lipinski definition) is 0. The monoisotopic (exact) mass is 279 g/mol. The van der Waals surface area contributed by atoms with Crippen molar-refractivity contribution < 1.29 is 9.53 Å². The second-order valence-electron chi connectivity index (χ2n) is 5.15. The molecule has 5 heteroatoms. The van der Waals surface area contributed by atoms with Crippen molar-refractivity contribution in [2.75, 3.05) is 26.2 Å². The van der Waals surface area contributed by atoms with Gasteiger partial charge in [-0.05, 0) is 39.7 Å². The molecule has 0 aromatic heterocycles. The number of piperidine rings is 1. The SMILES string of the molecule is CCOC(=O)[C@H](C#N)C=NCCCN1CCCC[C@H]1C. The number of ether oxygens (including phenoxy) is 1. The summed E-state index contributed by atoms with van der Waals surface area (Å²) in [5, 5.41) is 8.87. The molecule has 0 bridgehead atoms. The van der Waals surface area contributed by atoms with Crippen molar-refractivity contribution in [3.8, 4) is 6.07 Å². The van der Waals surface area contributed by atoms with Crippen molar-refractivity contribution in [2.24, 2.45) is 10.9 Å². The third-order valence-electron chi connectivity index (χ3n) is 3.61. The summed E-state index contributed by atoms with van der Waals surface area (Å²) in [5.74, 6) is -1.38. The lowest BCUT2D eigenvalue weighted by atomic mass is 10.0. The van der Waals surface area contributed by atoms with Crippen LogP contribution in [0.4, 0.5) is 0 Å². The van der Waals surface area contributed by atoms with E-state index in [9.17, 15) is 4.79 Å². The van der Waals surface area contributed by atoms with E-state index in [-0.39, 0.29) is 6.61 Å². The van der Waals surface area contributed by atoms with E-state index in [2.05, 4.69) is 16.8 Å². The highest BCUT2D eigenvalue weighted by molar-refractivity contribution is 5.92. The van der Waals surface area contributed by atoms with Crippen molar-refractivity contribution in [1.29, 1.82) is 5.26 Å². The highest BCUT2D eigenvalue weighted by Gasteiger charge is 2.17. The topological polar surface area (TPSA) is 65.7 Å². The third kappa shape index (κ3) is 5.70. The summed E-state index contributed by atoms with van der Waals surface area (Å²) in [6.07, 6.45) is 6.27. The maximum absolute atomic E-state index is 11.4. The van der Waals surface area contributed by atoms with Crippen molar-refractivity contribution in [3.05, 3.63) is 0 Å². The van der Waals surface area contributed by atoms with Crippen LogP contribution in [-0.2, 0) is 9.53 Å². The summed E-state index contributed by atoms with van der Waals surface area (Å²) < 4.78 is 4.80. The van der Waals surface area contributed by atoms with Gasteiger partial charge in [-0.25, -0.2) is 0 Å². The number of rotatable bonds is 7. The molecule has 2 atom stereocenters. The van der Waals surface area contributed by atoms with Gasteiger partial charge in [-0.2, -0.15) is 5.26 Å². The van der Waals surface area contributed by atoms with Gasteiger partial charge in [0.1, 0.15) is 0 Å². The first-order valence-corrected chi connectivity index (χ1v) is 7.49. The molecule has 0 N–H and O–H groups in total. The molecule has 1 rings (SSSR count). The molecule has 1 aliphatic heterocycles. The van der Waals surface area contributed by atoms with Crippen LogP contribution in [0.3, 0.4) is 0 Å². The van der Waals surface area contributed by atoms with Crippen molar-refractivity contribution in [2.45, 2.75) is 45.6 Å². The number of esters is 1. The van der Waals surface area contributed by atoms with Gasteiger partial charge in [0.15, 0.2) is 5.92 Å². The molecule has 1 heterocycles. The van der Waals surface area contributed by atoms with Gasteiger partial charge in [-0.3, -0.25) is 9.79 Å². The van der Waals surface area contributed by atoms with Crippen LogP contribution in [0, 0.1) is 17.2 Å².